The highest BCUT2D eigenvalue weighted by atomic mass is 32.2. The summed E-state index contributed by atoms with van der Waals surface area (Å²) in [6.07, 6.45) is 0. The SMILES string of the molecule is COc1ccc(CSc2nnc(NCC(C)C)s2)cc1F. The zero-order valence-electron chi connectivity index (χ0n) is 12.2. The Balaban J connectivity index is 1.89. The Morgan fingerprint density at radius 3 is 2.86 bits per heavy atom. The molecule has 0 saturated heterocycles. The maximum absolute atomic E-state index is 13.6. The summed E-state index contributed by atoms with van der Waals surface area (Å²) in [5.74, 6) is 1.14. The molecular formula is C14H18FN3OS2. The second-order valence-electron chi connectivity index (χ2n) is 4.91. The van der Waals surface area contributed by atoms with Crippen LogP contribution >= 0.6 is 23.1 Å². The fourth-order valence-corrected chi connectivity index (χ4v) is 3.28. The molecule has 0 fully saturated rings. The predicted molar refractivity (Wildman–Crippen MR) is 85.7 cm³/mol. The molecule has 1 heterocycles. The molecule has 0 bridgehead atoms. The summed E-state index contributed by atoms with van der Waals surface area (Å²) in [6, 6.07) is 4.99. The van der Waals surface area contributed by atoms with Gasteiger partial charge in [0.1, 0.15) is 0 Å². The van der Waals surface area contributed by atoms with Crippen LogP contribution in [0.2, 0.25) is 0 Å². The molecule has 1 N–H and O–H groups in total. The fraction of sp³-hybridized carbons (Fsp3) is 0.429. The van der Waals surface area contributed by atoms with Crippen molar-refractivity contribution in [1.82, 2.24) is 10.2 Å². The van der Waals surface area contributed by atoms with Crippen molar-refractivity contribution in [3.63, 3.8) is 0 Å². The van der Waals surface area contributed by atoms with E-state index in [-0.39, 0.29) is 11.6 Å². The number of anilines is 1. The molecule has 21 heavy (non-hydrogen) atoms. The lowest BCUT2D eigenvalue weighted by atomic mass is 10.2. The van der Waals surface area contributed by atoms with Crippen molar-refractivity contribution in [3.8, 4) is 5.75 Å². The number of thioether (sulfide) groups is 1. The van der Waals surface area contributed by atoms with Crippen LogP contribution in [0.15, 0.2) is 22.5 Å². The van der Waals surface area contributed by atoms with Crippen molar-refractivity contribution in [2.45, 2.75) is 23.9 Å². The van der Waals surface area contributed by atoms with E-state index in [0.717, 1.165) is 21.6 Å². The van der Waals surface area contributed by atoms with Gasteiger partial charge in [-0.15, -0.1) is 10.2 Å². The molecule has 0 aliphatic rings. The van der Waals surface area contributed by atoms with Crippen molar-refractivity contribution < 1.29 is 9.13 Å². The number of halogens is 1. The zero-order valence-corrected chi connectivity index (χ0v) is 13.9. The van der Waals surface area contributed by atoms with Crippen LogP contribution in [0.3, 0.4) is 0 Å². The minimum absolute atomic E-state index is 0.264. The summed E-state index contributed by atoms with van der Waals surface area (Å²) in [5, 5.41) is 12.3. The van der Waals surface area contributed by atoms with E-state index < -0.39 is 0 Å². The minimum Gasteiger partial charge on any atom is -0.494 e. The average Bonchev–Trinajstić information content (AvgIpc) is 2.91. The molecule has 2 rings (SSSR count). The molecule has 0 atom stereocenters. The van der Waals surface area contributed by atoms with Crippen LogP contribution in [0.25, 0.3) is 0 Å². The van der Waals surface area contributed by atoms with Crippen molar-refractivity contribution in [3.05, 3.63) is 29.6 Å². The van der Waals surface area contributed by atoms with Gasteiger partial charge in [-0.3, -0.25) is 0 Å². The van der Waals surface area contributed by atoms with Crippen LogP contribution in [0.1, 0.15) is 19.4 Å². The highest BCUT2D eigenvalue weighted by molar-refractivity contribution is 8.00. The van der Waals surface area contributed by atoms with E-state index in [0.29, 0.717) is 11.7 Å². The third-order valence-corrected chi connectivity index (χ3v) is 4.73. The first-order chi connectivity index (χ1) is 10.1. The van der Waals surface area contributed by atoms with Crippen molar-refractivity contribution >= 4 is 28.2 Å². The molecule has 0 radical (unpaired) electrons. The van der Waals surface area contributed by atoms with Gasteiger partial charge in [-0.25, -0.2) is 4.39 Å². The van der Waals surface area contributed by atoms with Gasteiger partial charge in [0.25, 0.3) is 0 Å². The van der Waals surface area contributed by atoms with Crippen LogP contribution in [0, 0.1) is 11.7 Å². The van der Waals surface area contributed by atoms with Gasteiger partial charge in [0.2, 0.25) is 5.13 Å². The number of nitrogens with zero attached hydrogens (tertiary/aromatic N) is 2. The van der Waals surface area contributed by atoms with Crippen LogP contribution < -0.4 is 10.1 Å². The number of hydrogen-bond donors (Lipinski definition) is 1. The summed E-state index contributed by atoms with van der Waals surface area (Å²) in [6.45, 7) is 5.16. The van der Waals surface area contributed by atoms with E-state index in [1.807, 2.05) is 6.07 Å². The van der Waals surface area contributed by atoms with Crippen molar-refractivity contribution in [1.29, 1.82) is 0 Å². The molecule has 0 aliphatic heterocycles. The number of benzene rings is 1. The lowest BCUT2D eigenvalue weighted by molar-refractivity contribution is 0.386. The lowest BCUT2D eigenvalue weighted by Gasteiger charge is -2.04. The normalized spacial score (nSPS) is 10.9. The highest BCUT2D eigenvalue weighted by Crippen LogP contribution is 2.29. The average molecular weight is 327 g/mol. The highest BCUT2D eigenvalue weighted by Gasteiger charge is 2.07. The predicted octanol–water partition coefficient (Wildman–Crippen LogP) is 4.05. The summed E-state index contributed by atoms with van der Waals surface area (Å²) in [7, 11) is 1.46. The Morgan fingerprint density at radius 2 is 2.19 bits per heavy atom. The Morgan fingerprint density at radius 1 is 1.38 bits per heavy atom. The second-order valence-corrected chi connectivity index (χ2v) is 7.11. The van der Waals surface area contributed by atoms with E-state index in [4.69, 9.17) is 4.74 Å². The van der Waals surface area contributed by atoms with Crippen molar-refractivity contribution in [2.75, 3.05) is 19.0 Å². The quantitative estimate of drug-likeness (QED) is 0.778. The molecule has 0 spiro atoms. The number of aromatic nitrogens is 2. The fourth-order valence-electron chi connectivity index (χ4n) is 1.58. The van der Waals surface area contributed by atoms with Gasteiger partial charge in [0.15, 0.2) is 15.9 Å². The Labute approximate surface area is 132 Å². The van der Waals surface area contributed by atoms with Crippen LogP contribution in [0.5, 0.6) is 5.75 Å². The van der Waals surface area contributed by atoms with Gasteiger partial charge >= 0.3 is 0 Å². The van der Waals surface area contributed by atoms with Crippen LogP contribution in [-0.2, 0) is 5.75 Å². The van der Waals surface area contributed by atoms with Gasteiger partial charge < -0.3 is 10.1 Å². The number of ether oxygens (including phenoxy) is 1. The molecule has 0 saturated carbocycles. The Kier molecular flexibility index (Phi) is 5.81. The van der Waals surface area contributed by atoms with Gasteiger partial charge in [-0.2, -0.15) is 0 Å². The number of methoxy groups -OCH3 is 1. The van der Waals surface area contributed by atoms with Crippen LogP contribution in [0.4, 0.5) is 9.52 Å². The maximum Gasteiger partial charge on any atom is 0.206 e. The molecule has 7 heteroatoms. The number of rotatable bonds is 7. The molecule has 114 valence electrons. The molecule has 1 aromatic carbocycles. The molecule has 2 aromatic rings. The third-order valence-electron chi connectivity index (χ3n) is 2.65. The maximum atomic E-state index is 13.6. The van der Waals surface area contributed by atoms with Gasteiger partial charge in [-0.05, 0) is 23.6 Å². The van der Waals surface area contributed by atoms with Crippen LogP contribution in [-0.4, -0.2) is 23.9 Å². The first kappa shape index (κ1) is 16.0. The summed E-state index contributed by atoms with van der Waals surface area (Å²) < 4.78 is 19.4. The molecular weight excluding hydrogens is 309 g/mol. The Bertz CT molecular complexity index is 589. The first-order valence-corrected chi connectivity index (χ1v) is 8.41. The van der Waals surface area contributed by atoms with Gasteiger partial charge in [0.05, 0.1) is 7.11 Å². The lowest BCUT2D eigenvalue weighted by Crippen LogP contribution is -2.07. The summed E-state index contributed by atoms with van der Waals surface area (Å²) in [5.41, 5.74) is 0.894. The summed E-state index contributed by atoms with van der Waals surface area (Å²) >= 11 is 3.07. The zero-order chi connectivity index (χ0) is 15.2. The summed E-state index contributed by atoms with van der Waals surface area (Å²) in [4.78, 5) is 0. The van der Waals surface area contributed by atoms with Gasteiger partial charge in [-0.1, -0.05) is 43.0 Å². The molecule has 0 amide bonds. The van der Waals surface area contributed by atoms with E-state index >= 15 is 0 Å². The van der Waals surface area contributed by atoms with Crippen molar-refractivity contribution in [2.24, 2.45) is 5.92 Å². The smallest absolute Gasteiger partial charge is 0.206 e. The molecule has 0 aliphatic carbocycles. The standard InChI is InChI=1S/C14H18FN3OS2/c1-9(2)7-16-13-17-18-14(21-13)20-8-10-4-5-12(19-3)11(15)6-10/h4-6,9H,7-8H2,1-3H3,(H,16,17). The van der Waals surface area contributed by atoms with E-state index in [1.165, 1.54) is 24.5 Å². The van der Waals surface area contributed by atoms with E-state index in [9.17, 15) is 4.39 Å². The number of hydrogen-bond acceptors (Lipinski definition) is 6. The van der Waals surface area contributed by atoms with E-state index in [1.54, 1.807) is 17.8 Å². The van der Waals surface area contributed by atoms with Gasteiger partial charge in [0, 0.05) is 12.3 Å². The first-order valence-electron chi connectivity index (χ1n) is 6.61. The van der Waals surface area contributed by atoms with E-state index in [2.05, 4.69) is 29.4 Å². The molecule has 0 unspecified atom stereocenters. The second kappa shape index (κ2) is 7.61. The minimum atomic E-state index is -0.341. The topological polar surface area (TPSA) is 47.0 Å². The number of nitrogens with one attached hydrogen (secondary N) is 1. The Hall–Kier alpha value is -1.34. The molecule has 4 nitrogen and oxygen atoms in total. The third kappa shape index (κ3) is 4.86. The monoisotopic (exact) mass is 327 g/mol. The molecule has 1 aromatic heterocycles. The largest absolute Gasteiger partial charge is 0.494 e.